The van der Waals surface area contributed by atoms with Crippen molar-refractivity contribution in [2.75, 3.05) is 7.11 Å². The Morgan fingerprint density at radius 3 is 2.27 bits per heavy atom. The van der Waals surface area contributed by atoms with E-state index in [1.54, 1.807) is 7.11 Å². The summed E-state index contributed by atoms with van der Waals surface area (Å²) < 4.78 is 5.56. The summed E-state index contributed by atoms with van der Waals surface area (Å²) in [6.45, 7) is 0. The van der Waals surface area contributed by atoms with E-state index in [9.17, 15) is 0 Å². The monoisotopic (exact) mass is 335 g/mol. The number of hydrogen-bond donors (Lipinski definition) is 0. The molecule has 0 unspecified atom stereocenters. The number of fused-ring (bicyclic) bond motifs is 5. The average molecular weight is 335 g/mol. The fourth-order valence-electron chi connectivity index (χ4n) is 3.78. The molecule has 0 N–H and O–H groups in total. The van der Waals surface area contributed by atoms with Crippen LogP contribution in [0.4, 0.5) is 0 Å². The minimum absolute atomic E-state index is 0.845. The fourth-order valence-corrected chi connectivity index (χ4v) is 3.78. The fraction of sp³-hybridized carbons (Fsp3) is 0.0417. The Balaban J connectivity index is 2.04. The zero-order chi connectivity index (χ0) is 17.5. The van der Waals surface area contributed by atoms with E-state index in [-0.39, 0.29) is 0 Å². The standard InChI is InChI=1S/C24H17NO/c1-26-19-14-18-12-11-17-10-9-16-6-2-3-7-20(16)23(17)24(18)21(15-19)22-8-4-5-13-25-22/h2-15H,1H3. The Hall–Kier alpha value is -3.39. The van der Waals surface area contributed by atoms with E-state index < -0.39 is 0 Å². The molecule has 0 atom stereocenters. The van der Waals surface area contributed by atoms with Gasteiger partial charge in [0.05, 0.1) is 12.8 Å². The van der Waals surface area contributed by atoms with Crippen molar-refractivity contribution in [3.05, 3.63) is 85.1 Å². The number of pyridine rings is 1. The summed E-state index contributed by atoms with van der Waals surface area (Å²) in [4.78, 5) is 4.61. The van der Waals surface area contributed by atoms with Gasteiger partial charge in [-0.3, -0.25) is 4.98 Å². The van der Waals surface area contributed by atoms with Crippen molar-refractivity contribution in [3.8, 4) is 17.0 Å². The Labute approximate surface area is 151 Å². The van der Waals surface area contributed by atoms with Gasteiger partial charge in [0.2, 0.25) is 0 Å². The van der Waals surface area contributed by atoms with Crippen molar-refractivity contribution < 1.29 is 4.74 Å². The average Bonchev–Trinajstić information content (AvgIpc) is 2.73. The van der Waals surface area contributed by atoms with Gasteiger partial charge in [-0.1, -0.05) is 54.6 Å². The smallest absolute Gasteiger partial charge is 0.120 e. The van der Waals surface area contributed by atoms with Crippen LogP contribution in [0.25, 0.3) is 43.6 Å². The third-order valence-electron chi connectivity index (χ3n) is 4.97. The summed E-state index contributed by atoms with van der Waals surface area (Å²) >= 11 is 0. The first-order valence-corrected chi connectivity index (χ1v) is 8.69. The van der Waals surface area contributed by atoms with Crippen LogP contribution < -0.4 is 4.74 Å². The summed E-state index contributed by atoms with van der Waals surface area (Å²) in [6.07, 6.45) is 1.84. The second-order valence-electron chi connectivity index (χ2n) is 6.44. The Kier molecular flexibility index (Phi) is 3.36. The third-order valence-corrected chi connectivity index (χ3v) is 4.97. The van der Waals surface area contributed by atoms with Crippen LogP contribution in [0.5, 0.6) is 5.75 Å². The van der Waals surface area contributed by atoms with Gasteiger partial charge in [-0.05, 0) is 56.6 Å². The Bertz CT molecular complexity index is 1260. The lowest BCUT2D eigenvalue weighted by Crippen LogP contribution is -1.90. The maximum Gasteiger partial charge on any atom is 0.120 e. The van der Waals surface area contributed by atoms with Crippen molar-refractivity contribution in [3.63, 3.8) is 0 Å². The number of ether oxygens (including phenoxy) is 1. The molecule has 0 aliphatic carbocycles. The highest BCUT2D eigenvalue weighted by Gasteiger charge is 2.13. The van der Waals surface area contributed by atoms with Crippen molar-refractivity contribution in [2.24, 2.45) is 0 Å². The van der Waals surface area contributed by atoms with E-state index >= 15 is 0 Å². The van der Waals surface area contributed by atoms with Crippen LogP contribution in [0, 0.1) is 0 Å². The van der Waals surface area contributed by atoms with Gasteiger partial charge < -0.3 is 4.74 Å². The summed E-state index contributed by atoms with van der Waals surface area (Å²) in [6, 6.07) is 27.5. The van der Waals surface area contributed by atoms with Crippen LogP contribution in [0.15, 0.2) is 85.1 Å². The summed E-state index contributed by atoms with van der Waals surface area (Å²) in [5.41, 5.74) is 2.05. The molecule has 1 heterocycles. The number of nitrogens with zero attached hydrogens (tertiary/aromatic N) is 1. The van der Waals surface area contributed by atoms with Gasteiger partial charge in [-0.2, -0.15) is 0 Å². The van der Waals surface area contributed by atoms with Gasteiger partial charge in [-0.25, -0.2) is 0 Å². The molecule has 0 saturated heterocycles. The molecule has 0 aliphatic heterocycles. The molecule has 0 aliphatic rings. The predicted octanol–water partition coefficient (Wildman–Crippen LogP) is 6.22. The molecule has 0 bridgehead atoms. The molecule has 0 saturated carbocycles. The lowest BCUT2D eigenvalue weighted by molar-refractivity contribution is 0.415. The van der Waals surface area contributed by atoms with Gasteiger partial charge in [0, 0.05) is 11.8 Å². The van der Waals surface area contributed by atoms with E-state index in [2.05, 4.69) is 71.7 Å². The molecule has 4 aromatic carbocycles. The van der Waals surface area contributed by atoms with Crippen LogP contribution in [0.3, 0.4) is 0 Å². The Morgan fingerprint density at radius 1 is 0.692 bits per heavy atom. The summed E-state index contributed by atoms with van der Waals surface area (Å²) in [5, 5.41) is 7.39. The molecule has 2 heteroatoms. The number of rotatable bonds is 2. The van der Waals surface area contributed by atoms with Gasteiger partial charge in [0.1, 0.15) is 5.75 Å². The van der Waals surface area contributed by atoms with E-state index in [4.69, 9.17) is 4.74 Å². The zero-order valence-electron chi connectivity index (χ0n) is 14.4. The molecular formula is C24H17NO. The molecule has 124 valence electrons. The maximum absolute atomic E-state index is 5.56. The first kappa shape index (κ1) is 14.9. The molecule has 1 aromatic heterocycles. The Morgan fingerprint density at radius 2 is 1.46 bits per heavy atom. The van der Waals surface area contributed by atoms with Crippen LogP contribution in [-0.4, -0.2) is 12.1 Å². The number of hydrogen-bond acceptors (Lipinski definition) is 2. The molecular weight excluding hydrogens is 318 g/mol. The van der Waals surface area contributed by atoms with Gasteiger partial charge in [0.25, 0.3) is 0 Å². The van der Waals surface area contributed by atoms with E-state index in [0.29, 0.717) is 0 Å². The van der Waals surface area contributed by atoms with Gasteiger partial charge in [-0.15, -0.1) is 0 Å². The zero-order valence-corrected chi connectivity index (χ0v) is 14.4. The van der Waals surface area contributed by atoms with Crippen LogP contribution in [-0.2, 0) is 0 Å². The van der Waals surface area contributed by atoms with Crippen molar-refractivity contribution in [2.45, 2.75) is 0 Å². The third kappa shape index (κ3) is 2.23. The van der Waals surface area contributed by atoms with E-state index in [1.807, 2.05) is 18.3 Å². The maximum atomic E-state index is 5.56. The minimum atomic E-state index is 0.845. The number of methoxy groups -OCH3 is 1. The summed E-state index contributed by atoms with van der Waals surface area (Å²) in [5.74, 6) is 0.845. The number of aromatic nitrogens is 1. The lowest BCUT2D eigenvalue weighted by atomic mass is 9.92. The van der Waals surface area contributed by atoms with Crippen molar-refractivity contribution in [1.82, 2.24) is 4.98 Å². The van der Waals surface area contributed by atoms with Crippen LogP contribution >= 0.6 is 0 Å². The molecule has 0 fully saturated rings. The first-order valence-electron chi connectivity index (χ1n) is 8.69. The molecule has 0 amide bonds. The van der Waals surface area contributed by atoms with Crippen molar-refractivity contribution >= 4 is 32.3 Å². The SMILES string of the molecule is COc1cc(-c2ccccn2)c2c(ccc3ccc4ccccc4c32)c1. The second kappa shape index (κ2) is 5.85. The largest absolute Gasteiger partial charge is 0.497 e. The van der Waals surface area contributed by atoms with Crippen molar-refractivity contribution in [1.29, 1.82) is 0 Å². The van der Waals surface area contributed by atoms with Gasteiger partial charge in [0.15, 0.2) is 0 Å². The highest BCUT2D eigenvalue weighted by molar-refractivity contribution is 6.24. The van der Waals surface area contributed by atoms with E-state index in [0.717, 1.165) is 22.4 Å². The quantitative estimate of drug-likeness (QED) is 0.357. The highest BCUT2D eigenvalue weighted by atomic mass is 16.5. The van der Waals surface area contributed by atoms with Crippen LogP contribution in [0.1, 0.15) is 0 Å². The number of benzene rings is 4. The minimum Gasteiger partial charge on any atom is -0.497 e. The first-order chi connectivity index (χ1) is 12.8. The second-order valence-corrected chi connectivity index (χ2v) is 6.44. The molecule has 0 radical (unpaired) electrons. The highest BCUT2D eigenvalue weighted by Crippen LogP contribution is 2.39. The predicted molar refractivity (Wildman–Crippen MR) is 109 cm³/mol. The molecule has 5 rings (SSSR count). The summed E-state index contributed by atoms with van der Waals surface area (Å²) in [7, 11) is 1.71. The van der Waals surface area contributed by atoms with E-state index in [1.165, 1.54) is 26.9 Å². The van der Waals surface area contributed by atoms with Crippen LogP contribution in [0.2, 0.25) is 0 Å². The molecule has 5 aromatic rings. The molecule has 0 spiro atoms. The normalized spacial score (nSPS) is 11.3. The molecule has 26 heavy (non-hydrogen) atoms. The molecule has 2 nitrogen and oxygen atoms in total. The topological polar surface area (TPSA) is 22.1 Å². The lowest BCUT2D eigenvalue weighted by Gasteiger charge is -2.14. The van der Waals surface area contributed by atoms with Gasteiger partial charge >= 0.3 is 0 Å².